The molecule has 2 aromatic rings. The monoisotopic (exact) mass is 272 g/mol. The van der Waals surface area contributed by atoms with Gasteiger partial charge in [0.25, 0.3) is 5.91 Å². The first-order valence-electron chi connectivity index (χ1n) is 7.26. The number of pyridine rings is 1. The molecule has 3 heteroatoms. The molecule has 2 rings (SSSR count). The lowest BCUT2D eigenvalue weighted by Gasteiger charge is -2.20. The van der Waals surface area contributed by atoms with E-state index in [1.165, 1.54) is 5.69 Å². The molecule has 108 valence electrons. The van der Waals surface area contributed by atoms with Gasteiger partial charge in [-0.2, -0.15) is 0 Å². The van der Waals surface area contributed by atoms with Gasteiger partial charge in [-0.3, -0.25) is 4.79 Å². The van der Waals surface area contributed by atoms with Gasteiger partial charge >= 0.3 is 0 Å². The second-order valence-electron chi connectivity index (χ2n) is 6.45. The predicted molar refractivity (Wildman–Crippen MR) is 83.3 cm³/mol. The summed E-state index contributed by atoms with van der Waals surface area (Å²) in [5, 5.41) is 3.05. The summed E-state index contributed by atoms with van der Waals surface area (Å²) in [4.78, 5) is 12.5. The Morgan fingerprint density at radius 3 is 2.65 bits per heavy atom. The number of aromatic nitrogens is 1. The van der Waals surface area contributed by atoms with E-state index in [1.807, 2.05) is 51.2 Å². The third kappa shape index (κ3) is 2.87. The summed E-state index contributed by atoms with van der Waals surface area (Å²) in [6.45, 7) is 10.4. The minimum atomic E-state index is -0.226. The maximum atomic E-state index is 12.5. The molecule has 0 radical (unpaired) electrons. The second-order valence-corrected chi connectivity index (χ2v) is 6.45. The van der Waals surface area contributed by atoms with Crippen LogP contribution in [0, 0.1) is 0 Å². The Morgan fingerprint density at radius 2 is 2.05 bits per heavy atom. The molecule has 20 heavy (non-hydrogen) atoms. The van der Waals surface area contributed by atoms with Crippen LogP contribution in [0.2, 0.25) is 0 Å². The Kier molecular flexibility index (Phi) is 3.89. The molecular formula is C17H24N2O. The van der Waals surface area contributed by atoms with Crippen LogP contribution in [-0.2, 0) is 0 Å². The van der Waals surface area contributed by atoms with Crippen molar-refractivity contribution in [3.05, 3.63) is 41.7 Å². The fourth-order valence-electron chi connectivity index (χ4n) is 2.36. The van der Waals surface area contributed by atoms with E-state index < -0.39 is 0 Å². The highest BCUT2D eigenvalue weighted by Crippen LogP contribution is 2.25. The fraction of sp³-hybridized carbons (Fsp3) is 0.471. The lowest BCUT2D eigenvalue weighted by atomic mass is 10.0. The Labute approximate surface area is 121 Å². The van der Waals surface area contributed by atoms with Crippen LogP contribution in [0.25, 0.3) is 5.52 Å². The SMILES string of the molecule is CCC(C)c1cc(C(=O)NC(C)(C)C)c2ccccn12. The zero-order valence-corrected chi connectivity index (χ0v) is 13.0. The van der Waals surface area contributed by atoms with Crippen molar-refractivity contribution in [3.63, 3.8) is 0 Å². The molecule has 3 nitrogen and oxygen atoms in total. The van der Waals surface area contributed by atoms with Gasteiger partial charge in [0.15, 0.2) is 0 Å². The van der Waals surface area contributed by atoms with Crippen LogP contribution < -0.4 is 5.32 Å². The highest BCUT2D eigenvalue weighted by molar-refractivity contribution is 6.01. The van der Waals surface area contributed by atoms with E-state index in [-0.39, 0.29) is 11.4 Å². The third-order valence-electron chi connectivity index (χ3n) is 3.56. The summed E-state index contributed by atoms with van der Waals surface area (Å²) in [5.74, 6) is 0.428. The average Bonchev–Trinajstić information content (AvgIpc) is 2.75. The van der Waals surface area contributed by atoms with Gasteiger partial charge in [0.05, 0.1) is 11.1 Å². The largest absolute Gasteiger partial charge is 0.347 e. The highest BCUT2D eigenvalue weighted by Gasteiger charge is 2.21. The van der Waals surface area contributed by atoms with E-state index in [1.54, 1.807) is 0 Å². The number of hydrogen-bond donors (Lipinski definition) is 1. The van der Waals surface area contributed by atoms with E-state index in [0.717, 1.165) is 17.5 Å². The average molecular weight is 272 g/mol. The zero-order chi connectivity index (χ0) is 14.9. The number of carbonyl (C=O) groups is 1. The number of rotatable bonds is 3. The maximum absolute atomic E-state index is 12.5. The van der Waals surface area contributed by atoms with E-state index >= 15 is 0 Å². The van der Waals surface area contributed by atoms with Crippen LogP contribution in [0.1, 0.15) is 63.0 Å². The van der Waals surface area contributed by atoms with Crippen LogP contribution in [0.4, 0.5) is 0 Å². The number of nitrogens with zero attached hydrogens (tertiary/aromatic N) is 1. The van der Waals surface area contributed by atoms with Crippen molar-refractivity contribution in [1.29, 1.82) is 0 Å². The molecule has 0 spiro atoms. The molecule has 0 saturated heterocycles. The standard InChI is InChI=1S/C17H24N2O/c1-6-12(2)15-11-13(16(20)18-17(3,4)5)14-9-7-8-10-19(14)15/h7-12H,6H2,1-5H3,(H,18,20). The van der Waals surface area contributed by atoms with Crippen molar-refractivity contribution < 1.29 is 4.79 Å². The zero-order valence-electron chi connectivity index (χ0n) is 13.0. The Bertz CT molecular complexity index is 619. The molecule has 0 aliphatic carbocycles. The molecule has 1 unspecified atom stereocenters. The summed E-state index contributed by atoms with van der Waals surface area (Å²) in [6.07, 6.45) is 3.09. The fourth-order valence-corrected chi connectivity index (χ4v) is 2.36. The third-order valence-corrected chi connectivity index (χ3v) is 3.56. The molecule has 0 aliphatic heterocycles. The highest BCUT2D eigenvalue weighted by atomic mass is 16.1. The van der Waals surface area contributed by atoms with Crippen LogP contribution in [0.3, 0.4) is 0 Å². The minimum Gasteiger partial charge on any atom is -0.347 e. The topological polar surface area (TPSA) is 33.5 Å². The number of fused-ring (bicyclic) bond motifs is 1. The Balaban J connectivity index is 2.51. The van der Waals surface area contributed by atoms with Crippen molar-refractivity contribution in [3.8, 4) is 0 Å². The Morgan fingerprint density at radius 1 is 1.35 bits per heavy atom. The Hall–Kier alpha value is -1.77. The summed E-state index contributed by atoms with van der Waals surface area (Å²) in [7, 11) is 0. The van der Waals surface area contributed by atoms with Gasteiger partial charge < -0.3 is 9.72 Å². The predicted octanol–water partition coefficient (Wildman–Crippen LogP) is 3.98. The molecule has 1 N–H and O–H groups in total. The quantitative estimate of drug-likeness (QED) is 0.900. The first-order valence-corrected chi connectivity index (χ1v) is 7.26. The molecule has 2 aromatic heterocycles. The molecule has 0 aromatic carbocycles. The molecule has 0 saturated carbocycles. The van der Waals surface area contributed by atoms with Gasteiger partial charge in [0, 0.05) is 17.4 Å². The smallest absolute Gasteiger partial charge is 0.253 e. The van der Waals surface area contributed by atoms with Crippen molar-refractivity contribution in [2.45, 2.75) is 52.5 Å². The summed E-state index contributed by atoms with van der Waals surface area (Å²) < 4.78 is 2.13. The van der Waals surface area contributed by atoms with Crippen molar-refractivity contribution in [2.75, 3.05) is 0 Å². The minimum absolute atomic E-state index is 0.00393. The van der Waals surface area contributed by atoms with E-state index in [0.29, 0.717) is 5.92 Å². The van der Waals surface area contributed by atoms with Crippen LogP contribution in [0.5, 0.6) is 0 Å². The molecule has 1 atom stereocenters. The van der Waals surface area contributed by atoms with Crippen LogP contribution >= 0.6 is 0 Å². The first-order chi connectivity index (χ1) is 9.33. The summed E-state index contributed by atoms with van der Waals surface area (Å²) in [6, 6.07) is 8.02. The van der Waals surface area contributed by atoms with Gasteiger partial charge in [0.2, 0.25) is 0 Å². The van der Waals surface area contributed by atoms with Crippen LogP contribution in [0.15, 0.2) is 30.5 Å². The normalized spacial score (nSPS) is 13.4. The van der Waals surface area contributed by atoms with Gasteiger partial charge in [-0.1, -0.05) is 19.9 Å². The molecule has 0 fully saturated rings. The van der Waals surface area contributed by atoms with Gasteiger partial charge in [0.1, 0.15) is 0 Å². The van der Waals surface area contributed by atoms with Crippen molar-refractivity contribution in [1.82, 2.24) is 9.72 Å². The van der Waals surface area contributed by atoms with Gasteiger partial charge in [-0.05, 0) is 51.3 Å². The van der Waals surface area contributed by atoms with Crippen LogP contribution in [-0.4, -0.2) is 15.8 Å². The molecular weight excluding hydrogens is 248 g/mol. The lowest BCUT2D eigenvalue weighted by molar-refractivity contribution is 0.0921. The van der Waals surface area contributed by atoms with Gasteiger partial charge in [-0.15, -0.1) is 0 Å². The van der Waals surface area contributed by atoms with E-state index in [4.69, 9.17) is 0 Å². The number of nitrogens with one attached hydrogen (secondary N) is 1. The summed E-state index contributed by atoms with van der Waals surface area (Å²) in [5.41, 5.74) is 2.71. The van der Waals surface area contributed by atoms with Crippen molar-refractivity contribution in [2.24, 2.45) is 0 Å². The molecule has 0 bridgehead atoms. The van der Waals surface area contributed by atoms with Crippen molar-refractivity contribution >= 4 is 11.4 Å². The number of amides is 1. The molecule has 0 aliphatic rings. The lowest BCUT2D eigenvalue weighted by Crippen LogP contribution is -2.40. The van der Waals surface area contributed by atoms with E-state index in [2.05, 4.69) is 23.6 Å². The van der Waals surface area contributed by atoms with E-state index in [9.17, 15) is 4.79 Å². The number of carbonyl (C=O) groups excluding carboxylic acids is 1. The molecule has 1 amide bonds. The number of hydrogen-bond acceptors (Lipinski definition) is 1. The first kappa shape index (κ1) is 14.6. The summed E-state index contributed by atoms with van der Waals surface area (Å²) >= 11 is 0. The van der Waals surface area contributed by atoms with Gasteiger partial charge in [-0.25, -0.2) is 0 Å². The second kappa shape index (κ2) is 5.31. The maximum Gasteiger partial charge on any atom is 0.253 e. The molecule has 2 heterocycles.